The summed E-state index contributed by atoms with van der Waals surface area (Å²) in [6, 6.07) is 12.3. The van der Waals surface area contributed by atoms with Gasteiger partial charge in [-0.15, -0.1) is 0 Å². The molecule has 2 aliphatic rings. The molecule has 31 heavy (non-hydrogen) atoms. The van der Waals surface area contributed by atoms with Crippen LogP contribution in [0.2, 0.25) is 0 Å². The Morgan fingerprint density at radius 1 is 1.13 bits per heavy atom. The molecular weight excluding hydrogens is 412 g/mol. The van der Waals surface area contributed by atoms with Crippen molar-refractivity contribution in [3.05, 3.63) is 59.2 Å². The Balaban J connectivity index is 1.52. The Labute approximate surface area is 185 Å². The molecule has 1 fully saturated rings. The van der Waals surface area contributed by atoms with Crippen molar-refractivity contribution in [2.24, 2.45) is 5.92 Å². The number of rotatable bonds is 7. The normalized spacial score (nSPS) is 22.7. The molecule has 0 saturated carbocycles. The highest BCUT2D eigenvalue weighted by atomic mass is 32.2. The average molecular weight is 445 g/mol. The molecule has 0 spiro atoms. The van der Waals surface area contributed by atoms with Crippen LogP contribution < -0.4 is 4.74 Å². The predicted molar refractivity (Wildman–Crippen MR) is 122 cm³/mol. The summed E-state index contributed by atoms with van der Waals surface area (Å²) in [7, 11) is -3.43. The number of likely N-dealkylation sites (tertiary alicyclic amines) is 1. The van der Waals surface area contributed by atoms with Crippen molar-refractivity contribution in [3.63, 3.8) is 0 Å². The van der Waals surface area contributed by atoms with Gasteiger partial charge >= 0.3 is 0 Å². The maximum Gasteiger partial charge on any atom is 0.212 e. The highest BCUT2D eigenvalue weighted by molar-refractivity contribution is 7.88. The molecule has 1 saturated heterocycles. The van der Waals surface area contributed by atoms with Crippen LogP contribution in [0.5, 0.6) is 11.5 Å². The zero-order valence-corrected chi connectivity index (χ0v) is 19.3. The number of hydrogen-bond donors (Lipinski definition) is 1. The molecule has 0 unspecified atom stereocenters. The van der Waals surface area contributed by atoms with Gasteiger partial charge in [-0.2, -0.15) is 4.31 Å². The maximum absolute atomic E-state index is 12.7. The lowest BCUT2D eigenvalue weighted by atomic mass is 9.87. The van der Waals surface area contributed by atoms with Crippen molar-refractivity contribution in [1.82, 2.24) is 9.21 Å². The molecule has 2 heterocycles. The van der Waals surface area contributed by atoms with Gasteiger partial charge in [0.25, 0.3) is 0 Å². The van der Waals surface area contributed by atoms with Gasteiger partial charge in [0.1, 0.15) is 18.1 Å². The van der Waals surface area contributed by atoms with E-state index < -0.39 is 16.1 Å². The number of sulfonamides is 1. The van der Waals surface area contributed by atoms with E-state index in [1.165, 1.54) is 12.7 Å². The van der Waals surface area contributed by atoms with E-state index in [0.717, 1.165) is 48.0 Å². The number of nitrogens with zero attached hydrogens (tertiary/aromatic N) is 2. The summed E-state index contributed by atoms with van der Waals surface area (Å²) >= 11 is 0. The highest BCUT2D eigenvalue weighted by Gasteiger charge is 2.38. The fraction of sp³-hybridized carbons (Fsp3) is 0.500. The molecule has 0 radical (unpaired) electrons. The van der Waals surface area contributed by atoms with Crippen molar-refractivity contribution >= 4 is 10.0 Å². The van der Waals surface area contributed by atoms with Crippen molar-refractivity contribution in [2.45, 2.75) is 38.8 Å². The molecule has 0 aromatic heterocycles. The largest absolute Gasteiger partial charge is 0.508 e. The third kappa shape index (κ3) is 4.73. The van der Waals surface area contributed by atoms with E-state index in [1.54, 1.807) is 16.4 Å². The quantitative estimate of drug-likeness (QED) is 0.709. The Kier molecular flexibility index (Phi) is 6.28. The number of aromatic hydroxyl groups is 1. The molecule has 6 nitrogen and oxygen atoms in total. The van der Waals surface area contributed by atoms with E-state index in [-0.39, 0.29) is 11.8 Å². The monoisotopic (exact) mass is 444 g/mol. The van der Waals surface area contributed by atoms with Crippen LogP contribution >= 0.6 is 0 Å². The van der Waals surface area contributed by atoms with Crippen LogP contribution in [0.3, 0.4) is 0 Å². The molecule has 2 atom stereocenters. The molecule has 168 valence electrons. The molecule has 7 heteroatoms. The third-order valence-electron chi connectivity index (χ3n) is 6.49. The first-order valence-electron chi connectivity index (χ1n) is 11.0. The van der Waals surface area contributed by atoms with E-state index in [0.29, 0.717) is 13.0 Å². The molecule has 0 aliphatic carbocycles. The average Bonchev–Trinajstić information content (AvgIpc) is 2.68. The lowest BCUT2D eigenvalue weighted by Crippen LogP contribution is -2.47. The second kappa shape index (κ2) is 8.81. The predicted octanol–water partition coefficient (Wildman–Crippen LogP) is 3.41. The van der Waals surface area contributed by atoms with Crippen molar-refractivity contribution in [1.29, 1.82) is 0 Å². The molecule has 0 bridgehead atoms. The SMILES string of the molecule is CCC1CN(CCOc2ccc([C@H]3c4ccc(O)cc4C[C@@H](C)N3S(C)(=O)=O)cc2)C1. The summed E-state index contributed by atoms with van der Waals surface area (Å²) in [6.07, 6.45) is 3.08. The lowest BCUT2D eigenvalue weighted by Gasteiger charge is -2.40. The van der Waals surface area contributed by atoms with Gasteiger partial charge in [0.15, 0.2) is 0 Å². The zero-order valence-electron chi connectivity index (χ0n) is 18.5. The van der Waals surface area contributed by atoms with Gasteiger partial charge < -0.3 is 9.84 Å². The lowest BCUT2D eigenvalue weighted by molar-refractivity contribution is 0.0806. The van der Waals surface area contributed by atoms with Crippen LogP contribution in [0.4, 0.5) is 0 Å². The summed E-state index contributed by atoms with van der Waals surface area (Å²) < 4.78 is 32.8. The van der Waals surface area contributed by atoms with Crippen LogP contribution in [-0.4, -0.2) is 61.3 Å². The Hall–Kier alpha value is -2.09. The first-order valence-corrected chi connectivity index (χ1v) is 12.9. The van der Waals surface area contributed by atoms with Gasteiger partial charge in [0.2, 0.25) is 10.0 Å². The minimum absolute atomic E-state index is 0.200. The smallest absolute Gasteiger partial charge is 0.212 e. The van der Waals surface area contributed by atoms with Crippen LogP contribution in [0.25, 0.3) is 0 Å². The van der Waals surface area contributed by atoms with Crippen LogP contribution in [0.1, 0.15) is 43.0 Å². The first kappa shape index (κ1) is 22.1. The number of phenols is 1. The van der Waals surface area contributed by atoms with E-state index in [9.17, 15) is 13.5 Å². The van der Waals surface area contributed by atoms with Gasteiger partial charge in [-0.25, -0.2) is 8.42 Å². The maximum atomic E-state index is 12.7. The van der Waals surface area contributed by atoms with Gasteiger partial charge in [-0.3, -0.25) is 4.90 Å². The van der Waals surface area contributed by atoms with Gasteiger partial charge in [-0.1, -0.05) is 31.5 Å². The standard InChI is InChI=1S/C24H32N2O4S/c1-4-18-15-25(16-18)11-12-30-22-8-5-19(6-9-22)24-23-10-7-21(27)14-20(23)13-17(2)26(24)31(3,28)29/h5-10,14,17-18,24,27H,4,11-13,15-16H2,1-3H3/t17-,24+/m1/s1. The molecule has 0 amide bonds. The number of phenolic OH excluding ortho intramolecular Hbond substituents is 1. The summed E-state index contributed by atoms with van der Waals surface area (Å²) in [4.78, 5) is 2.41. The molecule has 2 aromatic rings. The number of fused-ring (bicyclic) bond motifs is 1. The first-order chi connectivity index (χ1) is 14.8. The van der Waals surface area contributed by atoms with Crippen molar-refractivity contribution in [2.75, 3.05) is 32.5 Å². The summed E-state index contributed by atoms with van der Waals surface area (Å²) in [6.45, 7) is 8.05. The van der Waals surface area contributed by atoms with Crippen molar-refractivity contribution < 1.29 is 18.3 Å². The van der Waals surface area contributed by atoms with E-state index in [2.05, 4.69) is 11.8 Å². The second-order valence-electron chi connectivity index (χ2n) is 8.88. The minimum atomic E-state index is -3.43. The highest BCUT2D eigenvalue weighted by Crippen LogP contribution is 2.40. The summed E-state index contributed by atoms with van der Waals surface area (Å²) in [5, 5.41) is 9.91. The second-order valence-corrected chi connectivity index (χ2v) is 10.8. The van der Waals surface area contributed by atoms with Gasteiger partial charge in [-0.05, 0) is 60.2 Å². The zero-order chi connectivity index (χ0) is 22.2. The number of benzene rings is 2. The summed E-state index contributed by atoms with van der Waals surface area (Å²) in [5.74, 6) is 1.82. The van der Waals surface area contributed by atoms with Crippen molar-refractivity contribution in [3.8, 4) is 11.5 Å². The fourth-order valence-electron chi connectivity index (χ4n) is 4.84. The molecule has 2 aromatic carbocycles. The Bertz CT molecular complexity index is 1020. The molecule has 2 aliphatic heterocycles. The molecular formula is C24H32N2O4S. The van der Waals surface area contributed by atoms with E-state index >= 15 is 0 Å². The fourth-order valence-corrected chi connectivity index (χ4v) is 6.18. The van der Waals surface area contributed by atoms with Crippen LogP contribution in [-0.2, 0) is 16.4 Å². The van der Waals surface area contributed by atoms with Crippen LogP contribution in [0.15, 0.2) is 42.5 Å². The summed E-state index contributed by atoms with van der Waals surface area (Å²) in [5.41, 5.74) is 2.79. The minimum Gasteiger partial charge on any atom is -0.508 e. The van der Waals surface area contributed by atoms with Gasteiger partial charge in [0, 0.05) is 25.7 Å². The van der Waals surface area contributed by atoms with Crippen LogP contribution in [0, 0.1) is 5.92 Å². The van der Waals surface area contributed by atoms with Gasteiger partial charge in [0.05, 0.1) is 12.3 Å². The third-order valence-corrected chi connectivity index (χ3v) is 7.83. The molecule has 4 rings (SSSR count). The van der Waals surface area contributed by atoms with E-state index in [1.807, 2.05) is 37.3 Å². The number of ether oxygens (including phenoxy) is 1. The van der Waals surface area contributed by atoms with E-state index in [4.69, 9.17) is 4.74 Å². The molecule has 1 N–H and O–H groups in total. The number of hydrogen-bond acceptors (Lipinski definition) is 5. The topological polar surface area (TPSA) is 70.1 Å². The Morgan fingerprint density at radius 3 is 2.48 bits per heavy atom. The Morgan fingerprint density at radius 2 is 1.84 bits per heavy atom.